The van der Waals surface area contributed by atoms with Crippen molar-refractivity contribution in [2.75, 3.05) is 6.54 Å². The maximum Gasteiger partial charge on any atom is 0.255 e. The summed E-state index contributed by atoms with van der Waals surface area (Å²) >= 11 is 0. The summed E-state index contributed by atoms with van der Waals surface area (Å²) in [5.74, 6) is 5.82. The lowest BCUT2D eigenvalue weighted by molar-refractivity contribution is -0.137. The van der Waals surface area contributed by atoms with E-state index in [0.29, 0.717) is 31.6 Å². The molecule has 6 rings (SSSR count). The van der Waals surface area contributed by atoms with E-state index in [1.807, 2.05) is 29.3 Å². The largest absolute Gasteiger partial charge is 0.339 e. The molecular weight excluding hydrogens is 532 g/mol. The van der Waals surface area contributed by atoms with Crippen molar-refractivity contribution >= 4 is 24.1 Å². The number of pyridine rings is 1. The molecule has 9 nitrogen and oxygen atoms in total. The topological polar surface area (TPSA) is 109 Å². The molecule has 1 N–H and O–H groups in total. The normalized spacial score (nSPS) is 22.1. The predicted molar refractivity (Wildman–Crippen MR) is 155 cm³/mol. The monoisotopic (exact) mass is 568 g/mol. The Hall–Kier alpha value is -4.19. The van der Waals surface area contributed by atoms with Gasteiger partial charge in [-0.1, -0.05) is 30.7 Å². The lowest BCUT2D eigenvalue weighted by Gasteiger charge is -2.29. The zero-order valence-corrected chi connectivity index (χ0v) is 23.8. The van der Waals surface area contributed by atoms with E-state index in [1.165, 1.54) is 0 Å². The number of carbonyl (C=O) groups excluding carboxylic acids is 4. The molecule has 1 spiro atoms. The van der Waals surface area contributed by atoms with E-state index in [2.05, 4.69) is 17.2 Å². The van der Waals surface area contributed by atoms with Crippen molar-refractivity contribution in [3.05, 3.63) is 69.1 Å². The Bertz CT molecular complexity index is 1550. The van der Waals surface area contributed by atoms with Crippen LogP contribution in [0.2, 0.25) is 0 Å². The number of hydrogen-bond donors (Lipinski definition) is 1. The number of piperidine rings is 1. The molecule has 2 aromatic rings. The van der Waals surface area contributed by atoms with E-state index in [1.54, 1.807) is 21.6 Å². The van der Waals surface area contributed by atoms with Gasteiger partial charge >= 0.3 is 0 Å². The second-order valence-corrected chi connectivity index (χ2v) is 12.1. The van der Waals surface area contributed by atoms with Crippen LogP contribution in [0.25, 0.3) is 0 Å². The van der Waals surface area contributed by atoms with Crippen molar-refractivity contribution in [2.45, 2.75) is 94.8 Å². The van der Waals surface area contributed by atoms with Crippen LogP contribution in [0.15, 0.2) is 41.3 Å². The lowest BCUT2D eigenvalue weighted by Crippen LogP contribution is -2.52. The molecule has 3 aliphatic heterocycles. The number of aryl methyl sites for hydroxylation is 1. The molecule has 1 aromatic heterocycles. The summed E-state index contributed by atoms with van der Waals surface area (Å²) in [6.45, 7) is 1.72. The zero-order chi connectivity index (χ0) is 29.3. The van der Waals surface area contributed by atoms with Crippen LogP contribution in [-0.2, 0) is 27.5 Å². The fraction of sp³-hybridized carbons (Fsp3) is 0.485. The highest BCUT2D eigenvalue weighted by atomic mass is 16.2. The van der Waals surface area contributed by atoms with Gasteiger partial charge in [-0.3, -0.25) is 29.3 Å². The molecule has 4 heterocycles. The number of aromatic nitrogens is 1. The van der Waals surface area contributed by atoms with E-state index in [-0.39, 0.29) is 35.3 Å². The number of hydrogen-bond acceptors (Lipinski definition) is 5. The molecule has 218 valence electrons. The van der Waals surface area contributed by atoms with Crippen LogP contribution >= 0.6 is 0 Å². The van der Waals surface area contributed by atoms with E-state index >= 15 is 0 Å². The van der Waals surface area contributed by atoms with Crippen LogP contribution in [0.5, 0.6) is 0 Å². The number of rotatable bonds is 9. The third-order valence-electron chi connectivity index (χ3n) is 9.35. The number of nitrogens with one attached hydrogen (secondary N) is 1. The highest BCUT2D eigenvalue weighted by Gasteiger charge is 2.54. The second kappa shape index (κ2) is 11.6. The average Bonchev–Trinajstić information content (AvgIpc) is 3.54. The van der Waals surface area contributed by atoms with Crippen molar-refractivity contribution < 1.29 is 19.2 Å². The number of fused-ring (bicyclic) bond motifs is 1. The summed E-state index contributed by atoms with van der Waals surface area (Å²) in [6.07, 6.45) is 11.2. The first-order valence-corrected chi connectivity index (χ1v) is 15.1. The van der Waals surface area contributed by atoms with Crippen LogP contribution in [0.3, 0.4) is 0 Å². The molecule has 1 aliphatic carbocycles. The van der Waals surface area contributed by atoms with Crippen LogP contribution in [0, 0.1) is 11.8 Å². The van der Waals surface area contributed by atoms with Gasteiger partial charge in [0, 0.05) is 67.3 Å². The average molecular weight is 569 g/mol. The first-order chi connectivity index (χ1) is 20.4. The quantitative estimate of drug-likeness (QED) is 0.217. The fourth-order valence-corrected chi connectivity index (χ4v) is 6.76. The first kappa shape index (κ1) is 28.0. The summed E-state index contributed by atoms with van der Waals surface area (Å²) in [7, 11) is 0. The van der Waals surface area contributed by atoms with E-state index in [4.69, 9.17) is 0 Å². The Morgan fingerprint density at radius 2 is 1.88 bits per heavy atom. The molecule has 2 saturated heterocycles. The van der Waals surface area contributed by atoms with Crippen LogP contribution in [0.4, 0.5) is 0 Å². The standard InChI is InChI=1S/C33H36N4O5/c38-22-36-20-25(19-33(36)14-15-33)24-13-17-35(30(40)18-24)16-6-4-2-1-3-5-8-23-9-7-10-26-27(23)21-37(32(26)42)28-11-12-29(39)34-31(28)41/h7,9-10,13,17-18,22,25,28H,1-4,6,11-12,14-16,19-21H2,(H,34,39,41). The summed E-state index contributed by atoms with van der Waals surface area (Å²) in [5, 5.41) is 2.34. The SMILES string of the molecule is O=CN1CC(c2ccn(CCCCCCC#Cc3cccc4c3CN(C3CCC(=O)NC3=O)C4=O)c(=O)c2)CC12CC2. The summed E-state index contributed by atoms with van der Waals surface area (Å²) in [6, 6.07) is 8.67. The van der Waals surface area contributed by atoms with Gasteiger partial charge in [0.15, 0.2) is 0 Å². The minimum absolute atomic E-state index is 0.0258. The number of amides is 4. The number of benzene rings is 1. The minimum Gasteiger partial charge on any atom is -0.339 e. The van der Waals surface area contributed by atoms with Crippen LogP contribution < -0.4 is 10.9 Å². The van der Waals surface area contributed by atoms with Gasteiger partial charge in [0.25, 0.3) is 11.5 Å². The molecule has 0 bridgehead atoms. The fourth-order valence-electron chi connectivity index (χ4n) is 6.76. The third kappa shape index (κ3) is 5.50. The minimum atomic E-state index is -0.631. The van der Waals surface area contributed by atoms with Gasteiger partial charge in [0.05, 0.1) is 0 Å². The Labute approximate surface area is 245 Å². The maximum atomic E-state index is 13.0. The smallest absolute Gasteiger partial charge is 0.255 e. The van der Waals surface area contributed by atoms with Gasteiger partial charge in [0.2, 0.25) is 18.2 Å². The molecule has 42 heavy (non-hydrogen) atoms. The molecule has 9 heteroatoms. The van der Waals surface area contributed by atoms with Crippen molar-refractivity contribution in [2.24, 2.45) is 0 Å². The van der Waals surface area contributed by atoms with Crippen LogP contribution in [-0.4, -0.2) is 56.6 Å². The van der Waals surface area contributed by atoms with Crippen LogP contribution in [0.1, 0.15) is 97.2 Å². The number of carbonyl (C=O) groups is 4. The third-order valence-corrected chi connectivity index (χ3v) is 9.35. The summed E-state index contributed by atoms with van der Waals surface area (Å²) < 4.78 is 1.78. The molecule has 3 fully saturated rings. The maximum absolute atomic E-state index is 13.0. The molecular formula is C33H36N4O5. The lowest BCUT2D eigenvalue weighted by atomic mass is 9.96. The van der Waals surface area contributed by atoms with Crippen molar-refractivity contribution in [1.29, 1.82) is 0 Å². The van der Waals surface area contributed by atoms with Gasteiger partial charge in [-0.05, 0) is 67.9 Å². The highest BCUT2D eigenvalue weighted by molar-refractivity contribution is 6.05. The molecule has 4 aliphatic rings. The van der Waals surface area contributed by atoms with E-state index < -0.39 is 11.9 Å². The number of imide groups is 1. The Morgan fingerprint density at radius 3 is 2.62 bits per heavy atom. The zero-order valence-electron chi connectivity index (χ0n) is 23.8. The van der Waals surface area contributed by atoms with Gasteiger partial charge < -0.3 is 14.4 Å². The summed E-state index contributed by atoms with van der Waals surface area (Å²) in [4.78, 5) is 64.4. The number of likely N-dealkylation sites (tertiary alicyclic amines) is 1. The van der Waals surface area contributed by atoms with E-state index in [9.17, 15) is 24.0 Å². The number of unbranched alkanes of at least 4 members (excludes halogenated alkanes) is 4. The molecule has 1 saturated carbocycles. The molecule has 1 aromatic carbocycles. The molecule has 4 amide bonds. The van der Waals surface area contributed by atoms with Gasteiger partial charge in [-0.15, -0.1) is 0 Å². The Balaban J connectivity index is 0.947. The van der Waals surface area contributed by atoms with Crippen molar-refractivity contribution in [1.82, 2.24) is 19.7 Å². The molecule has 0 radical (unpaired) electrons. The first-order valence-electron chi connectivity index (χ1n) is 15.1. The van der Waals surface area contributed by atoms with Gasteiger partial charge in [0.1, 0.15) is 6.04 Å². The predicted octanol–water partition coefficient (Wildman–Crippen LogP) is 3.09. The second-order valence-electron chi connectivity index (χ2n) is 12.1. The van der Waals surface area contributed by atoms with E-state index in [0.717, 1.165) is 74.5 Å². The highest BCUT2D eigenvalue weighted by Crippen LogP contribution is 2.53. The Morgan fingerprint density at radius 1 is 1.05 bits per heavy atom. The van der Waals surface area contributed by atoms with Gasteiger partial charge in [-0.25, -0.2) is 0 Å². The molecule has 2 atom stereocenters. The molecule has 2 unspecified atom stereocenters. The summed E-state index contributed by atoms with van der Waals surface area (Å²) in [5.41, 5.74) is 3.36. The van der Waals surface area contributed by atoms with Crippen molar-refractivity contribution in [3.8, 4) is 11.8 Å². The Kier molecular flexibility index (Phi) is 7.72. The number of nitrogens with zero attached hydrogens (tertiary/aromatic N) is 3. The van der Waals surface area contributed by atoms with Gasteiger partial charge in [-0.2, -0.15) is 0 Å². The van der Waals surface area contributed by atoms with Crippen molar-refractivity contribution in [3.63, 3.8) is 0 Å².